The zero-order chi connectivity index (χ0) is 26.2. The molecule has 0 bridgehead atoms. The van der Waals surface area contributed by atoms with Crippen LogP contribution in [-0.4, -0.2) is 36.2 Å². The molecule has 1 atom stereocenters. The number of hydrogen-bond acceptors (Lipinski definition) is 6. The topological polar surface area (TPSA) is 65.3 Å². The number of ether oxygens (including phenoxy) is 1. The SMILES string of the molecule is CCCCCOc1nc2c(c(N(CCC)CC(C)CC#N)n1)CCN(c1cccc3ccc(F)cc13)C2. The van der Waals surface area contributed by atoms with Crippen molar-refractivity contribution < 1.29 is 9.13 Å². The molecular weight excluding hydrogens is 465 g/mol. The molecular formula is C30H38FN5O. The first-order valence-electron chi connectivity index (χ1n) is 13.6. The molecule has 2 heterocycles. The van der Waals surface area contributed by atoms with Crippen LogP contribution in [0.3, 0.4) is 0 Å². The molecule has 37 heavy (non-hydrogen) atoms. The van der Waals surface area contributed by atoms with Crippen molar-refractivity contribution in [2.75, 3.05) is 36.0 Å². The van der Waals surface area contributed by atoms with Crippen LogP contribution in [0, 0.1) is 23.1 Å². The summed E-state index contributed by atoms with van der Waals surface area (Å²) >= 11 is 0. The lowest BCUT2D eigenvalue weighted by atomic mass is 10.0. The van der Waals surface area contributed by atoms with Crippen LogP contribution in [0.5, 0.6) is 6.01 Å². The van der Waals surface area contributed by atoms with Crippen LogP contribution in [0.1, 0.15) is 64.1 Å². The number of halogens is 1. The van der Waals surface area contributed by atoms with Gasteiger partial charge in [0.15, 0.2) is 0 Å². The third kappa shape index (κ3) is 6.49. The minimum atomic E-state index is -0.230. The van der Waals surface area contributed by atoms with Gasteiger partial charge in [0.25, 0.3) is 0 Å². The Morgan fingerprint density at radius 2 is 2.03 bits per heavy atom. The van der Waals surface area contributed by atoms with E-state index >= 15 is 0 Å². The van der Waals surface area contributed by atoms with Crippen molar-refractivity contribution in [3.63, 3.8) is 0 Å². The normalized spacial score (nSPS) is 13.8. The van der Waals surface area contributed by atoms with Gasteiger partial charge in [0.2, 0.25) is 0 Å². The number of fused-ring (bicyclic) bond motifs is 2. The number of benzene rings is 2. The third-order valence-corrected chi connectivity index (χ3v) is 6.93. The molecule has 0 fully saturated rings. The van der Waals surface area contributed by atoms with Crippen LogP contribution >= 0.6 is 0 Å². The molecule has 4 rings (SSSR count). The zero-order valence-electron chi connectivity index (χ0n) is 22.3. The highest BCUT2D eigenvalue weighted by atomic mass is 19.1. The fourth-order valence-electron chi connectivity index (χ4n) is 5.09. The van der Waals surface area contributed by atoms with E-state index in [1.54, 1.807) is 6.07 Å². The number of aromatic nitrogens is 2. The minimum absolute atomic E-state index is 0.230. The average molecular weight is 504 g/mol. The summed E-state index contributed by atoms with van der Waals surface area (Å²) in [5.41, 5.74) is 3.13. The van der Waals surface area contributed by atoms with Gasteiger partial charge in [0, 0.05) is 42.7 Å². The average Bonchev–Trinajstić information content (AvgIpc) is 2.90. The summed E-state index contributed by atoms with van der Waals surface area (Å²) in [5.74, 6) is 0.943. The van der Waals surface area contributed by atoms with Gasteiger partial charge in [-0.2, -0.15) is 15.2 Å². The maximum atomic E-state index is 14.1. The monoisotopic (exact) mass is 503 g/mol. The van der Waals surface area contributed by atoms with Crippen molar-refractivity contribution in [2.45, 2.75) is 65.8 Å². The van der Waals surface area contributed by atoms with Crippen LogP contribution in [0.25, 0.3) is 10.8 Å². The Balaban J connectivity index is 1.70. The maximum absolute atomic E-state index is 14.1. The molecule has 3 aromatic rings. The number of nitriles is 1. The van der Waals surface area contributed by atoms with Crippen LogP contribution in [0.4, 0.5) is 15.9 Å². The van der Waals surface area contributed by atoms with E-state index in [0.29, 0.717) is 25.6 Å². The van der Waals surface area contributed by atoms with Gasteiger partial charge >= 0.3 is 6.01 Å². The van der Waals surface area contributed by atoms with Gasteiger partial charge in [-0.25, -0.2) is 4.39 Å². The smallest absolute Gasteiger partial charge is 0.318 e. The Bertz CT molecular complexity index is 1240. The Morgan fingerprint density at radius 3 is 2.81 bits per heavy atom. The van der Waals surface area contributed by atoms with Crippen molar-refractivity contribution in [3.05, 3.63) is 53.5 Å². The molecule has 1 unspecified atom stereocenters. The zero-order valence-corrected chi connectivity index (χ0v) is 22.3. The van der Waals surface area contributed by atoms with E-state index in [-0.39, 0.29) is 11.7 Å². The summed E-state index contributed by atoms with van der Waals surface area (Å²) in [7, 11) is 0. The van der Waals surface area contributed by atoms with Crippen LogP contribution in [0.15, 0.2) is 36.4 Å². The molecule has 0 radical (unpaired) electrons. The van der Waals surface area contributed by atoms with E-state index in [1.165, 1.54) is 6.07 Å². The highest BCUT2D eigenvalue weighted by Gasteiger charge is 2.27. The van der Waals surface area contributed by atoms with E-state index < -0.39 is 0 Å². The fraction of sp³-hybridized carbons (Fsp3) is 0.500. The molecule has 1 aliphatic rings. The second-order valence-electron chi connectivity index (χ2n) is 10.0. The number of nitrogens with zero attached hydrogens (tertiary/aromatic N) is 5. The Labute approximate surface area is 220 Å². The summed E-state index contributed by atoms with van der Waals surface area (Å²) in [6.45, 7) is 10.1. The lowest BCUT2D eigenvalue weighted by molar-refractivity contribution is 0.281. The largest absolute Gasteiger partial charge is 0.463 e. The first-order chi connectivity index (χ1) is 18.0. The molecule has 7 heteroatoms. The molecule has 1 aromatic heterocycles. The summed E-state index contributed by atoms with van der Waals surface area (Å²) < 4.78 is 20.2. The van der Waals surface area contributed by atoms with E-state index in [1.807, 2.05) is 18.2 Å². The van der Waals surface area contributed by atoms with Crippen LogP contribution in [-0.2, 0) is 13.0 Å². The van der Waals surface area contributed by atoms with Crippen molar-refractivity contribution in [1.29, 1.82) is 5.26 Å². The number of unbranched alkanes of at least 4 members (excludes halogenated alkanes) is 2. The minimum Gasteiger partial charge on any atom is -0.463 e. The van der Waals surface area contributed by atoms with Crippen LogP contribution in [0.2, 0.25) is 0 Å². The van der Waals surface area contributed by atoms with E-state index in [2.05, 4.69) is 42.7 Å². The van der Waals surface area contributed by atoms with Gasteiger partial charge in [-0.3, -0.25) is 0 Å². The fourth-order valence-corrected chi connectivity index (χ4v) is 5.09. The van der Waals surface area contributed by atoms with Crippen molar-refractivity contribution in [1.82, 2.24) is 9.97 Å². The summed E-state index contributed by atoms with van der Waals surface area (Å²) in [6.07, 6.45) is 5.49. The maximum Gasteiger partial charge on any atom is 0.318 e. The Morgan fingerprint density at radius 1 is 1.16 bits per heavy atom. The quantitative estimate of drug-likeness (QED) is 0.257. The lowest BCUT2D eigenvalue weighted by Crippen LogP contribution is -2.36. The van der Waals surface area contributed by atoms with Crippen molar-refractivity contribution >= 4 is 22.3 Å². The molecule has 0 spiro atoms. The predicted molar refractivity (Wildman–Crippen MR) is 148 cm³/mol. The Hall–Kier alpha value is -3.40. The van der Waals surface area contributed by atoms with Gasteiger partial charge in [0.05, 0.1) is 24.9 Å². The van der Waals surface area contributed by atoms with Gasteiger partial charge in [-0.05, 0) is 48.8 Å². The molecule has 0 saturated heterocycles. The number of hydrogen-bond donors (Lipinski definition) is 0. The predicted octanol–water partition coefficient (Wildman–Crippen LogP) is 6.67. The highest BCUT2D eigenvalue weighted by Crippen LogP contribution is 2.34. The number of rotatable bonds is 12. The molecule has 0 saturated carbocycles. The van der Waals surface area contributed by atoms with E-state index in [9.17, 15) is 9.65 Å². The second kappa shape index (κ2) is 12.7. The van der Waals surface area contributed by atoms with E-state index in [0.717, 1.165) is 85.3 Å². The highest BCUT2D eigenvalue weighted by molar-refractivity contribution is 5.94. The summed E-state index contributed by atoms with van der Waals surface area (Å²) in [6, 6.07) is 13.8. The number of anilines is 2. The van der Waals surface area contributed by atoms with Gasteiger partial charge < -0.3 is 14.5 Å². The lowest BCUT2D eigenvalue weighted by Gasteiger charge is -2.34. The van der Waals surface area contributed by atoms with Crippen LogP contribution < -0.4 is 14.5 Å². The molecule has 1 aliphatic heterocycles. The van der Waals surface area contributed by atoms with Gasteiger partial charge in [-0.15, -0.1) is 0 Å². The van der Waals surface area contributed by atoms with Gasteiger partial charge in [0.1, 0.15) is 11.6 Å². The Kier molecular flexibility index (Phi) is 9.16. The first-order valence-corrected chi connectivity index (χ1v) is 13.6. The third-order valence-electron chi connectivity index (χ3n) is 6.93. The second-order valence-corrected chi connectivity index (χ2v) is 10.0. The van der Waals surface area contributed by atoms with Crippen molar-refractivity contribution in [3.8, 4) is 12.1 Å². The summed E-state index contributed by atoms with van der Waals surface area (Å²) in [5, 5.41) is 11.1. The first kappa shape index (κ1) is 26.7. The molecule has 0 aliphatic carbocycles. The molecule has 196 valence electrons. The van der Waals surface area contributed by atoms with Crippen molar-refractivity contribution in [2.24, 2.45) is 5.92 Å². The molecule has 0 amide bonds. The standard InChI is InChI=1S/C30H38FN5O/c1-4-6-7-18-37-30-33-27-21-35(28-10-8-9-23-11-12-24(31)19-26(23)28)17-14-25(27)29(34-30)36(16-5-2)20-22(3)13-15-32/h8-12,19,22H,4-7,13-14,16-18,20-21H2,1-3H3. The summed E-state index contributed by atoms with van der Waals surface area (Å²) in [4.78, 5) is 14.4. The molecule has 6 nitrogen and oxygen atoms in total. The molecule has 0 N–H and O–H groups in total. The van der Waals surface area contributed by atoms with Gasteiger partial charge in [-0.1, -0.05) is 51.8 Å². The molecule has 2 aromatic carbocycles. The van der Waals surface area contributed by atoms with E-state index in [4.69, 9.17) is 14.7 Å².